The molecule has 1 atom stereocenters. The van der Waals surface area contributed by atoms with Crippen LogP contribution in [-0.4, -0.2) is 32.1 Å². The predicted octanol–water partition coefficient (Wildman–Crippen LogP) is 2.99. The van der Waals surface area contributed by atoms with Crippen LogP contribution in [0.3, 0.4) is 0 Å². The van der Waals surface area contributed by atoms with E-state index in [0.29, 0.717) is 5.92 Å². The van der Waals surface area contributed by atoms with E-state index in [2.05, 4.69) is 38.8 Å². The molecule has 23 heavy (non-hydrogen) atoms. The fourth-order valence-electron chi connectivity index (χ4n) is 2.92. The molecule has 3 aromatic heterocycles. The molecule has 0 aromatic carbocycles. The van der Waals surface area contributed by atoms with Gasteiger partial charge in [0.25, 0.3) is 0 Å². The Labute approximate surface area is 143 Å². The molecule has 3 aromatic rings. The highest BCUT2D eigenvalue weighted by Crippen LogP contribution is 2.29. The maximum absolute atomic E-state index is 4.80. The minimum absolute atomic E-state index is 0.431. The maximum Gasteiger partial charge on any atom is 0.171 e. The zero-order valence-electron chi connectivity index (χ0n) is 12.8. The van der Waals surface area contributed by atoms with Crippen LogP contribution in [0.15, 0.2) is 23.2 Å². The van der Waals surface area contributed by atoms with Gasteiger partial charge in [-0.05, 0) is 43.9 Å². The van der Waals surface area contributed by atoms with Gasteiger partial charge in [-0.2, -0.15) is 14.0 Å². The first-order valence-electron chi connectivity index (χ1n) is 7.69. The van der Waals surface area contributed by atoms with Crippen LogP contribution < -0.4 is 10.6 Å². The average Bonchev–Trinajstić information content (AvgIpc) is 3.15. The molecule has 1 unspecified atom stereocenters. The fraction of sp³-hybridized carbons (Fsp3) is 0.400. The van der Waals surface area contributed by atoms with Gasteiger partial charge in [-0.15, -0.1) is 12.6 Å². The Balaban J connectivity index is 1.77. The first kappa shape index (κ1) is 14.9. The molecule has 0 bridgehead atoms. The summed E-state index contributed by atoms with van der Waals surface area (Å²) in [5.41, 5.74) is 2.89. The van der Waals surface area contributed by atoms with Crippen LogP contribution in [0.5, 0.6) is 0 Å². The molecule has 1 saturated heterocycles. The molecule has 2 N–H and O–H groups in total. The summed E-state index contributed by atoms with van der Waals surface area (Å²) in [5.74, 6) is 1.33. The second-order valence-electron chi connectivity index (χ2n) is 5.83. The summed E-state index contributed by atoms with van der Waals surface area (Å²) >= 11 is 5.94. The zero-order chi connectivity index (χ0) is 15.8. The van der Waals surface area contributed by atoms with Crippen molar-refractivity contribution in [1.29, 1.82) is 0 Å². The number of aromatic nitrogens is 4. The number of piperidine rings is 1. The van der Waals surface area contributed by atoms with Crippen LogP contribution in [0.4, 0.5) is 10.8 Å². The summed E-state index contributed by atoms with van der Waals surface area (Å²) in [5, 5.41) is 12.3. The van der Waals surface area contributed by atoms with Crippen LogP contribution in [0, 0.1) is 6.92 Å². The lowest BCUT2D eigenvalue weighted by Crippen LogP contribution is -2.29. The SMILES string of the molecule is Cc1cc(Nc2cc(C3CCCNC3)nc3c(S)cnn23)sn1. The highest BCUT2D eigenvalue weighted by atomic mass is 32.1. The van der Waals surface area contributed by atoms with Crippen molar-refractivity contribution in [3.05, 3.63) is 29.7 Å². The lowest BCUT2D eigenvalue weighted by molar-refractivity contribution is 0.455. The number of nitrogens with zero attached hydrogens (tertiary/aromatic N) is 4. The molecule has 8 heteroatoms. The van der Waals surface area contributed by atoms with Gasteiger partial charge in [-0.25, -0.2) is 4.98 Å². The molecule has 4 heterocycles. The van der Waals surface area contributed by atoms with Gasteiger partial charge in [0.15, 0.2) is 5.65 Å². The summed E-state index contributed by atoms with van der Waals surface area (Å²) < 4.78 is 6.12. The fourth-order valence-corrected chi connectivity index (χ4v) is 3.79. The number of thiol groups is 1. The van der Waals surface area contributed by atoms with Gasteiger partial charge in [0.05, 0.1) is 22.5 Å². The molecular weight excluding hydrogens is 328 g/mol. The van der Waals surface area contributed by atoms with E-state index in [-0.39, 0.29) is 0 Å². The molecule has 0 spiro atoms. The van der Waals surface area contributed by atoms with Crippen molar-refractivity contribution >= 4 is 40.6 Å². The van der Waals surface area contributed by atoms with Crippen molar-refractivity contribution in [2.75, 3.05) is 18.4 Å². The Morgan fingerprint density at radius 2 is 2.35 bits per heavy atom. The van der Waals surface area contributed by atoms with E-state index in [9.17, 15) is 0 Å². The number of rotatable bonds is 3. The Kier molecular flexibility index (Phi) is 3.96. The highest BCUT2D eigenvalue weighted by Gasteiger charge is 2.20. The second-order valence-corrected chi connectivity index (χ2v) is 7.12. The molecular formula is C15H18N6S2. The summed E-state index contributed by atoms with van der Waals surface area (Å²) in [4.78, 5) is 5.59. The van der Waals surface area contributed by atoms with Crippen molar-refractivity contribution in [3.63, 3.8) is 0 Å². The molecule has 6 nitrogen and oxygen atoms in total. The van der Waals surface area contributed by atoms with Crippen LogP contribution in [0.2, 0.25) is 0 Å². The van der Waals surface area contributed by atoms with Gasteiger partial charge in [0.1, 0.15) is 10.8 Å². The molecule has 0 radical (unpaired) electrons. The first-order chi connectivity index (χ1) is 11.2. The van der Waals surface area contributed by atoms with Gasteiger partial charge in [0.2, 0.25) is 0 Å². The summed E-state index contributed by atoms with van der Waals surface area (Å²) in [6.07, 6.45) is 4.07. The van der Waals surface area contributed by atoms with Crippen molar-refractivity contribution in [2.24, 2.45) is 0 Å². The van der Waals surface area contributed by atoms with E-state index in [0.717, 1.165) is 52.3 Å². The molecule has 0 amide bonds. The summed E-state index contributed by atoms with van der Waals surface area (Å²) in [6, 6.07) is 4.13. The normalized spacial score (nSPS) is 18.4. The number of fused-ring (bicyclic) bond motifs is 1. The van der Waals surface area contributed by atoms with Gasteiger partial charge in [-0.3, -0.25) is 0 Å². The number of anilines is 2. The van der Waals surface area contributed by atoms with Gasteiger partial charge in [0, 0.05) is 18.5 Å². The van der Waals surface area contributed by atoms with E-state index in [1.807, 2.05) is 13.0 Å². The van der Waals surface area contributed by atoms with Gasteiger partial charge < -0.3 is 10.6 Å². The monoisotopic (exact) mass is 346 g/mol. The van der Waals surface area contributed by atoms with Crippen LogP contribution in [0.25, 0.3) is 5.65 Å². The molecule has 1 aliphatic heterocycles. The summed E-state index contributed by atoms with van der Waals surface area (Å²) in [6.45, 7) is 4.05. The van der Waals surface area contributed by atoms with Gasteiger partial charge in [-0.1, -0.05) is 0 Å². The molecule has 120 valence electrons. The third kappa shape index (κ3) is 2.93. The highest BCUT2D eigenvalue weighted by molar-refractivity contribution is 7.80. The topological polar surface area (TPSA) is 67.1 Å². The quantitative estimate of drug-likeness (QED) is 0.636. The lowest BCUT2D eigenvalue weighted by Gasteiger charge is -2.23. The molecule has 4 rings (SSSR count). The Bertz CT molecular complexity index is 834. The molecule has 0 saturated carbocycles. The molecule has 1 fully saturated rings. The Morgan fingerprint density at radius 3 is 3.09 bits per heavy atom. The minimum atomic E-state index is 0.431. The van der Waals surface area contributed by atoms with E-state index in [1.54, 1.807) is 10.7 Å². The summed E-state index contributed by atoms with van der Waals surface area (Å²) in [7, 11) is 0. The average molecular weight is 346 g/mol. The van der Waals surface area contributed by atoms with Crippen LogP contribution in [-0.2, 0) is 0 Å². The van der Waals surface area contributed by atoms with Crippen LogP contribution in [0.1, 0.15) is 30.1 Å². The maximum atomic E-state index is 4.80. The second kappa shape index (κ2) is 6.10. The van der Waals surface area contributed by atoms with E-state index >= 15 is 0 Å². The number of hydrogen-bond acceptors (Lipinski definition) is 7. The Hall–Kier alpha value is -1.64. The Morgan fingerprint density at radius 1 is 1.43 bits per heavy atom. The number of hydrogen-bond donors (Lipinski definition) is 3. The lowest BCUT2D eigenvalue weighted by atomic mass is 9.96. The largest absolute Gasteiger partial charge is 0.331 e. The smallest absolute Gasteiger partial charge is 0.171 e. The third-order valence-electron chi connectivity index (χ3n) is 4.07. The van der Waals surface area contributed by atoms with E-state index in [1.165, 1.54) is 18.0 Å². The number of aryl methyl sites for hydroxylation is 1. The van der Waals surface area contributed by atoms with E-state index in [4.69, 9.17) is 4.98 Å². The van der Waals surface area contributed by atoms with Crippen LogP contribution >= 0.6 is 24.2 Å². The zero-order valence-corrected chi connectivity index (χ0v) is 14.5. The first-order valence-corrected chi connectivity index (χ1v) is 8.91. The third-order valence-corrected chi connectivity index (χ3v) is 5.18. The predicted molar refractivity (Wildman–Crippen MR) is 95.2 cm³/mol. The van der Waals surface area contributed by atoms with Crippen molar-refractivity contribution < 1.29 is 0 Å². The molecule has 0 aliphatic carbocycles. The van der Waals surface area contributed by atoms with Crippen molar-refractivity contribution in [3.8, 4) is 0 Å². The van der Waals surface area contributed by atoms with Crippen molar-refractivity contribution in [2.45, 2.75) is 30.6 Å². The number of nitrogens with one attached hydrogen (secondary N) is 2. The van der Waals surface area contributed by atoms with E-state index < -0.39 is 0 Å². The molecule has 1 aliphatic rings. The minimum Gasteiger partial charge on any atom is -0.331 e. The van der Waals surface area contributed by atoms with Crippen molar-refractivity contribution in [1.82, 2.24) is 24.3 Å². The standard InChI is InChI=1S/C15H18N6S2/c1-9-5-14(23-20-9)19-13-6-11(10-3-2-4-16-7-10)18-15-12(22)8-17-21(13)15/h5-6,8,10,16,19,22H,2-4,7H2,1H3. The van der Waals surface area contributed by atoms with Gasteiger partial charge >= 0.3 is 0 Å².